The Balaban J connectivity index is 1.82. The van der Waals surface area contributed by atoms with Crippen LogP contribution in [-0.4, -0.2) is 42.2 Å². The fourth-order valence-corrected chi connectivity index (χ4v) is 4.23. The van der Waals surface area contributed by atoms with Crippen molar-refractivity contribution in [2.24, 2.45) is 0 Å². The van der Waals surface area contributed by atoms with E-state index in [9.17, 15) is 19.2 Å². The van der Waals surface area contributed by atoms with Crippen molar-refractivity contribution < 1.29 is 19.1 Å². The molecule has 2 N–H and O–H groups in total. The molecule has 196 valence electrons. The molecular weight excluding hydrogens is 512 g/mol. The summed E-state index contributed by atoms with van der Waals surface area (Å²) in [6.45, 7) is -0.459. The number of fused-ring (bicyclic) bond motifs is 1. The molecule has 38 heavy (non-hydrogen) atoms. The summed E-state index contributed by atoms with van der Waals surface area (Å²) in [6, 6.07) is 16.1. The van der Waals surface area contributed by atoms with E-state index in [1.807, 2.05) is 0 Å². The lowest BCUT2D eigenvalue weighted by atomic mass is 10.1. The van der Waals surface area contributed by atoms with Gasteiger partial charge in [0.05, 0.1) is 31.7 Å². The van der Waals surface area contributed by atoms with E-state index in [-0.39, 0.29) is 29.9 Å². The Bertz CT molecular complexity index is 1640. The Labute approximate surface area is 222 Å². The zero-order valence-electron chi connectivity index (χ0n) is 20.9. The molecule has 2 amide bonds. The van der Waals surface area contributed by atoms with Crippen molar-refractivity contribution >= 4 is 40.0 Å². The van der Waals surface area contributed by atoms with Gasteiger partial charge in [-0.2, -0.15) is 0 Å². The van der Waals surface area contributed by atoms with Gasteiger partial charge in [0.15, 0.2) is 11.5 Å². The lowest BCUT2D eigenvalue weighted by Gasteiger charge is -2.16. The number of aromatic nitrogens is 2. The SMILES string of the molecule is CNC(=O)c1ccc(Cn2c(=O)c3cc(OC)c(OC)cc3n(CC(=O)Nc3cccc(Cl)c3)c2=O)cc1. The van der Waals surface area contributed by atoms with Gasteiger partial charge in [0.25, 0.3) is 11.5 Å². The highest BCUT2D eigenvalue weighted by Gasteiger charge is 2.19. The minimum absolute atomic E-state index is 0.0775. The molecular formula is C27H25ClN4O6. The van der Waals surface area contributed by atoms with Gasteiger partial charge in [-0.3, -0.25) is 23.5 Å². The molecule has 0 saturated heterocycles. The van der Waals surface area contributed by atoms with Crippen molar-refractivity contribution in [3.8, 4) is 11.5 Å². The number of halogens is 1. The second kappa shape index (κ2) is 11.2. The summed E-state index contributed by atoms with van der Waals surface area (Å²) < 4.78 is 13.0. The maximum atomic E-state index is 13.6. The molecule has 0 aliphatic carbocycles. The van der Waals surface area contributed by atoms with E-state index in [1.165, 1.54) is 38.0 Å². The van der Waals surface area contributed by atoms with Crippen molar-refractivity contribution in [2.75, 3.05) is 26.6 Å². The maximum absolute atomic E-state index is 13.6. The summed E-state index contributed by atoms with van der Waals surface area (Å²) in [5.41, 5.74) is 0.480. The summed E-state index contributed by atoms with van der Waals surface area (Å²) in [5.74, 6) is -0.156. The van der Waals surface area contributed by atoms with Crippen LogP contribution in [0.5, 0.6) is 11.5 Å². The lowest BCUT2D eigenvalue weighted by molar-refractivity contribution is -0.116. The summed E-state index contributed by atoms with van der Waals surface area (Å²) in [7, 11) is 4.39. The zero-order valence-corrected chi connectivity index (χ0v) is 21.7. The lowest BCUT2D eigenvalue weighted by Crippen LogP contribution is -2.42. The first-order valence-corrected chi connectivity index (χ1v) is 11.9. The zero-order chi connectivity index (χ0) is 27.4. The molecule has 1 aromatic heterocycles. The summed E-state index contributed by atoms with van der Waals surface area (Å²) in [5, 5.41) is 5.87. The Morgan fingerprint density at radius 1 is 0.921 bits per heavy atom. The quantitative estimate of drug-likeness (QED) is 0.357. The molecule has 11 heteroatoms. The molecule has 3 aromatic carbocycles. The van der Waals surface area contributed by atoms with Crippen LogP contribution >= 0.6 is 11.6 Å². The van der Waals surface area contributed by atoms with E-state index in [2.05, 4.69) is 10.6 Å². The van der Waals surface area contributed by atoms with E-state index >= 15 is 0 Å². The third-order valence-electron chi connectivity index (χ3n) is 5.92. The monoisotopic (exact) mass is 536 g/mol. The number of nitrogens with one attached hydrogen (secondary N) is 2. The van der Waals surface area contributed by atoms with E-state index in [0.717, 1.165) is 4.57 Å². The summed E-state index contributed by atoms with van der Waals surface area (Å²) in [6.07, 6.45) is 0. The Kier molecular flexibility index (Phi) is 7.82. The molecule has 10 nitrogen and oxygen atoms in total. The van der Waals surface area contributed by atoms with Crippen LogP contribution in [0, 0.1) is 0 Å². The van der Waals surface area contributed by atoms with Crippen LogP contribution in [0.3, 0.4) is 0 Å². The average molecular weight is 537 g/mol. The van der Waals surface area contributed by atoms with Gasteiger partial charge in [0, 0.05) is 29.4 Å². The molecule has 0 radical (unpaired) electrons. The molecule has 0 spiro atoms. The number of benzene rings is 3. The topological polar surface area (TPSA) is 121 Å². The van der Waals surface area contributed by atoms with Gasteiger partial charge in [-0.25, -0.2) is 4.79 Å². The molecule has 0 fully saturated rings. The minimum Gasteiger partial charge on any atom is -0.493 e. The van der Waals surface area contributed by atoms with Crippen molar-refractivity contribution in [3.05, 3.63) is 97.7 Å². The van der Waals surface area contributed by atoms with E-state index in [1.54, 1.807) is 48.5 Å². The third-order valence-corrected chi connectivity index (χ3v) is 6.16. The van der Waals surface area contributed by atoms with E-state index in [4.69, 9.17) is 21.1 Å². The van der Waals surface area contributed by atoms with Crippen LogP contribution in [0.2, 0.25) is 5.02 Å². The molecule has 0 bridgehead atoms. The molecule has 1 heterocycles. The second-order valence-electron chi connectivity index (χ2n) is 8.32. The number of hydrogen-bond donors (Lipinski definition) is 2. The van der Waals surface area contributed by atoms with Gasteiger partial charge < -0.3 is 20.1 Å². The molecule has 0 saturated carbocycles. The van der Waals surface area contributed by atoms with Crippen molar-refractivity contribution in [1.82, 2.24) is 14.5 Å². The number of methoxy groups -OCH3 is 2. The first-order chi connectivity index (χ1) is 18.2. The highest BCUT2D eigenvalue weighted by molar-refractivity contribution is 6.30. The molecule has 0 unspecified atom stereocenters. The van der Waals surface area contributed by atoms with E-state index in [0.29, 0.717) is 33.3 Å². The Hall–Kier alpha value is -4.57. The minimum atomic E-state index is -0.689. The smallest absolute Gasteiger partial charge is 0.332 e. The largest absolute Gasteiger partial charge is 0.493 e. The number of anilines is 1. The Morgan fingerprint density at radius 2 is 1.61 bits per heavy atom. The fraction of sp³-hybridized carbons (Fsp3) is 0.185. The molecule has 0 atom stereocenters. The maximum Gasteiger partial charge on any atom is 0.332 e. The van der Waals surface area contributed by atoms with E-state index < -0.39 is 17.2 Å². The van der Waals surface area contributed by atoms with Crippen molar-refractivity contribution in [1.29, 1.82) is 0 Å². The van der Waals surface area contributed by atoms with Crippen LogP contribution in [0.1, 0.15) is 15.9 Å². The van der Waals surface area contributed by atoms with Crippen LogP contribution in [0.15, 0.2) is 70.3 Å². The first-order valence-electron chi connectivity index (χ1n) is 11.5. The number of ether oxygens (including phenoxy) is 2. The number of nitrogens with zero attached hydrogens (tertiary/aromatic N) is 2. The van der Waals surface area contributed by atoms with Crippen LogP contribution in [0.4, 0.5) is 5.69 Å². The first kappa shape index (κ1) is 26.5. The number of hydrogen-bond acceptors (Lipinski definition) is 6. The van der Waals surface area contributed by atoms with Crippen molar-refractivity contribution in [3.63, 3.8) is 0 Å². The molecule has 4 rings (SSSR count). The fourth-order valence-electron chi connectivity index (χ4n) is 4.03. The van der Waals surface area contributed by atoms with Crippen LogP contribution < -0.4 is 31.4 Å². The van der Waals surface area contributed by atoms with Gasteiger partial charge in [-0.1, -0.05) is 29.8 Å². The van der Waals surface area contributed by atoms with Gasteiger partial charge in [0.2, 0.25) is 5.91 Å². The predicted molar refractivity (Wildman–Crippen MR) is 145 cm³/mol. The highest BCUT2D eigenvalue weighted by atomic mass is 35.5. The predicted octanol–water partition coefficient (Wildman–Crippen LogP) is 2.88. The Morgan fingerprint density at radius 3 is 2.24 bits per heavy atom. The summed E-state index contributed by atoms with van der Waals surface area (Å²) in [4.78, 5) is 51.9. The van der Waals surface area contributed by atoms with Gasteiger partial charge in [-0.05, 0) is 42.0 Å². The second-order valence-corrected chi connectivity index (χ2v) is 8.76. The highest BCUT2D eigenvalue weighted by Crippen LogP contribution is 2.30. The van der Waals surface area contributed by atoms with Gasteiger partial charge >= 0.3 is 5.69 Å². The molecule has 4 aromatic rings. The van der Waals surface area contributed by atoms with Gasteiger partial charge in [0.1, 0.15) is 6.54 Å². The standard InChI is InChI=1S/C27H25ClN4O6/c1-29-25(34)17-9-7-16(8-10-17)14-32-26(35)20-12-22(37-2)23(38-3)13-21(20)31(27(32)36)15-24(33)30-19-6-4-5-18(28)11-19/h4-13H,14-15H2,1-3H3,(H,29,34)(H,30,33). The number of rotatable bonds is 8. The number of carbonyl (C=O) groups is 2. The van der Waals surface area contributed by atoms with Crippen LogP contribution in [0.25, 0.3) is 10.9 Å². The molecule has 0 aliphatic heterocycles. The number of carbonyl (C=O) groups excluding carboxylic acids is 2. The van der Waals surface area contributed by atoms with Crippen LogP contribution in [-0.2, 0) is 17.9 Å². The normalized spacial score (nSPS) is 10.7. The third kappa shape index (κ3) is 5.40. The number of amides is 2. The van der Waals surface area contributed by atoms with Crippen molar-refractivity contribution in [2.45, 2.75) is 13.1 Å². The van der Waals surface area contributed by atoms with Gasteiger partial charge in [-0.15, -0.1) is 0 Å². The molecule has 0 aliphatic rings. The average Bonchev–Trinajstić information content (AvgIpc) is 2.92. The summed E-state index contributed by atoms with van der Waals surface area (Å²) >= 11 is 6.01.